The summed E-state index contributed by atoms with van der Waals surface area (Å²) in [4.78, 5) is 11.3. The molecule has 1 aromatic carbocycles. The van der Waals surface area contributed by atoms with Crippen LogP contribution in [0.25, 0.3) is 0 Å². The number of carboxylic acids is 1. The third-order valence-corrected chi connectivity index (χ3v) is 3.10. The fourth-order valence-corrected chi connectivity index (χ4v) is 1.92. The van der Waals surface area contributed by atoms with Crippen molar-refractivity contribution >= 4 is 5.97 Å². The summed E-state index contributed by atoms with van der Waals surface area (Å²) in [5.74, 6) is 0.0127. The Morgan fingerprint density at radius 3 is 2.50 bits per heavy atom. The van der Waals surface area contributed by atoms with Gasteiger partial charge in [0.15, 0.2) is 0 Å². The molecule has 0 atom stereocenters. The Bertz CT molecular complexity index is 600. The molecule has 1 N–H and O–H groups in total. The quantitative estimate of drug-likeness (QED) is 0.910. The third-order valence-electron chi connectivity index (χ3n) is 3.10. The zero-order chi connectivity index (χ0) is 14.7. The van der Waals surface area contributed by atoms with E-state index >= 15 is 0 Å². The van der Waals surface area contributed by atoms with Crippen LogP contribution in [0.4, 0.5) is 0 Å². The van der Waals surface area contributed by atoms with Gasteiger partial charge in [-0.05, 0) is 29.7 Å². The second-order valence-electron chi connectivity index (χ2n) is 4.92. The van der Waals surface area contributed by atoms with Crippen molar-refractivity contribution < 1.29 is 14.6 Å². The largest absolute Gasteiger partial charge is 0.497 e. The Kier molecular flexibility index (Phi) is 4.08. The number of hydrogen-bond donors (Lipinski definition) is 1. The maximum absolute atomic E-state index is 11.3. The number of aromatic carboxylic acids is 1. The van der Waals surface area contributed by atoms with Crippen molar-refractivity contribution in [2.24, 2.45) is 0 Å². The first kappa shape index (κ1) is 14.1. The van der Waals surface area contributed by atoms with E-state index < -0.39 is 5.97 Å². The van der Waals surface area contributed by atoms with Gasteiger partial charge in [-0.2, -0.15) is 5.10 Å². The van der Waals surface area contributed by atoms with Crippen molar-refractivity contribution in [1.82, 2.24) is 9.78 Å². The van der Waals surface area contributed by atoms with Gasteiger partial charge in [0.05, 0.1) is 19.3 Å². The first-order valence-electron chi connectivity index (χ1n) is 6.45. The molecule has 1 aromatic heterocycles. The summed E-state index contributed by atoms with van der Waals surface area (Å²) in [6.45, 7) is 4.41. The van der Waals surface area contributed by atoms with E-state index in [0.29, 0.717) is 6.54 Å². The number of nitrogens with zero attached hydrogens (tertiary/aromatic N) is 2. The molecule has 2 rings (SSSR count). The molecule has 20 heavy (non-hydrogen) atoms. The molecule has 0 amide bonds. The molecule has 1 heterocycles. The van der Waals surface area contributed by atoms with Gasteiger partial charge in [-0.1, -0.05) is 26.0 Å². The third kappa shape index (κ3) is 2.99. The first-order chi connectivity index (χ1) is 9.51. The van der Waals surface area contributed by atoms with Gasteiger partial charge in [0.2, 0.25) is 0 Å². The minimum Gasteiger partial charge on any atom is -0.497 e. The lowest BCUT2D eigenvalue weighted by Gasteiger charge is -2.06. The molecule has 0 aliphatic heterocycles. The van der Waals surface area contributed by atoms with Gasteiger partial charge in [-0.3, -0.25) is 4.68 Å². The molecule has 0 aliphatic carbocycles. The van der Waals surface area contributed by atoms with Gasteiger partial charge in [-0.25, -0.2) is 4.79 Å². The lowest BCUT2D eigenvalue weighted by molar-refractivity contribution is 0.0684. The molecule has 0 spiro atoms. The van der Waals surface area contributed by atoms with E-state index in [2.05, 4.69) is 5.10 Å². The van der Waals surface area contributed by atoms with Crippen molar-refractivity contribution in [1.29, 1.82) is 0 Å². The summed E-state index contributed by atoms with van der Waals surface area (Å²) in [5, 5.41) is 13.6. The number of carboxylic acid groups (broad SMARTS) is 1. The minimum absolute atomic E-state index is 0.199. The average molecular weight is 274 g/mol. The number of carbonyl (C=O) groups is 1. The van der Waals surface area contributed by atoms with Gasteiger partial charge >= 0.3 is 5.97 Å². The van der Waals surface area contributed by atoms with Crippen molar-refractivity contribution in [3.05, 3.63) is 47.3 Å². The lowest BCUT2D eigenvalue weighted by atomic mass is 10.1. The SMILES string of the molecule is COc1ccc(Cn2nc(C(C)C)cc2C(=O)O)cc1. The van der Waals surface area contributed by atoms with Gasteiger partial charge < -0.3 is 9.84 Å². The monoisotopic (exact) mass is 274 g/mol. The van der Waals surface area contributed by atoms with E-state index in [1.807, 2.05) is 38.1 Å². The van der Waals surface area contributed by atoms with Crippen molar-refractivity contribution in [2.75, 3.05) is 7.11 Å². The van der Waals surface area contributed by atoms with E-state index in [0.717, 1.165) is 17.0 Å². The molecular weight excluding hydrogens is 256 g/mol. The zero-order valence-electron chi connectivity index (χ0n) is 11.8. The van der Waals surface area contributed by atoms with Crippen LogP contribution < -0.4 is 4.74 Å². The molecule has 2 aromatic rings. The Labute approximate surface area is 117 Å². The zero-order valence-corrected chi connectivity index (χ0v) is 11.8. The minimum atomic E-state index is -0.960. The number of ether oxygens (including phenoxy) is 1. The van der Waals surface area contributed by atoms with Crippen molar-refractivity contribution in [3.8, 4) is 5.75 Å². The van der Waals surface area contributed by atoms with Crippen LogP contribution in [-0.2, 0) is 6.54 Å². The molecular formula is C15H18N2O3. The summed E-state index contributed by atoms with van der Waals surface area (Å²) in [6.07, 6.45) is 0. The number of aromatic nitrogens is 2. The summed E-state index contributed by atoms with van der Waals surface area (Å²) in [6, 6.07) is 9.14. The van der Waals surface area contributed by atoms with Crippen LogP contribution in [0.15, 0.2) is 30.3 Å². The maximum Gasteiger partial charge on any atom is 0.354 e. The van der Waals surface area contributed by atoms with Crippen LogP contribution in [0.3, 0.4) is 0 Å². The van der Waals surface area contributed by atoms with Gasteiger partial charge in [0.25, 0.3) is 0 Å². The Morgan fingerprint density at radius 2 is 2.00 bits per heavy atom. The second kappa shape index (κ2) is 5.77. The van der Waals surface area contributed by atoms with Gasteiger partial charge in [0, 0.05) is 0 Å². The molecule has 0 saturated heterocycles. The number of methoxy groups -OCH3 is 1. The highest BCUT2D eigenvalue weighted by atomic mass is 16.5. The molecule has 0 unspecified atom stereocenters. The summed E-state index contributed by atoms with van der Waals surface area (Å²) in [7, 11) is 1.61. The van der Waals surface area contributed by atoms with Crippen molar-refractivity contribution in [3.63, 3.8) is 0 Å². The van der Waals surface area contributed by atoms with Crippen LogP contribution in [-0.4, -0.2) is 28.0 Å². The van der Waals surface area contributed by atoms with Crippen molar-refractivity contribution in [2.45, 2.75) is 26.3 Å². The van der Waals surface area contributed by atoms with Crippen LogP contribution >= 0.6 is 0 Å². The van der Waals surface area contributed by atoms with Crippen LogP contribution in [0, 0.1) is 0 Å². The summed E-state index contributed by atoms with van der Waals surface area (Å²) >= 11 is 0. The second-order valence-corrected chi connectivity index (χ2v) is 4.92. The van der Waals surface area contributed by atoms with E-state index in [1.54, 1.807) is 13.2 Å². The predicted molar refractivity (Wildman–Crippen MR) is 75.4 cm³/mol. The van der Waals surface area contributed by atoms with E-state index in [-0.39, 0.29) is 11.6 Å². The number of rotatable bonds is 5. The fraction of sp³-hybridized carbons (Fsp3) is 0.333. The molecule has 106 valence electrons. The molecule has 0 radical (unpaired) electrons. The van der Waals surface area contributed by atoms with Crippen LogP contribution in [0.1, 0.15) is 41.5 Å². The molecule has 0 fully saturated rings. The molecule has 0 saturated carbocycles. The average Bonchev–Trinajstić information content (AvgIpc) is 2.84. The predicted octanol–water partition coefficient (Wildman–Crippen LogP) is 2.76. The number of benzene rings is 1. The highest BCUT2D eigenvalue weighted by Crippen LogP contribution is 2.17. The summed E-state index contributed by atoms with van der Waals surface area (Å²) < 4.78 is 6.63. The normalized spacial score (nSPS) is 10.8. The van der Waals surface area contributed by atoms with E-state index in [4.69, 9.17) is 4.74 Å². The van der Waals surface area contributed by atoms with Crippen LogP contribution in [0.2, 0.25) is 0 Å². The van der Waals surface area contributed by atoms with E-state index in [1.165, 1.54) is 4.68 Å². The first-order valence-corrected chi connectivity index (χ1v) is 6.45. The topological polar surface area (TPSA) is 64.4 Å². The molecule has 5 nitrogen and oxygen atoms in total. The Hall–Kier alpha value is -2.30. The number of hydrogen-bond acceptors (Lipinski definition) is 3. The maximum atomic E-state index is 11.3. The van der Waals surface area contributed by atoms with Crippen LogP contribution in [0.5, 0.6) is 5.75 Å². The lowest BCUT2D eigenvalue weighted by Crippen LogP contribution is -2.11. The Morgan fingerprint density at radius 1 is 1.35 bits per heavy atom. The smallest absolute Gasteiger partial charge is 0.354 e. The molecule has 0 aliphatic rings. The standard InChI is InChI=1S/C15H18N2O3/c1-10(2)13-8-14(15(18)19)17(16-13)9-11-4-6-12(20-3)7-5-11/h4-8,10H,9H2,1-3H3,(H,18,19). The van der Waals surface area contributed by atoms with Gasteiger partial charge in [-0.15, -0.1) is 0 Å². The van der Waals surface area contributed by atoms with E-state index in [9.17, 15) is 9.90 Å². The Balaban J connectivity index is 2.29. The molecule has 0 bridgehead atoms. The molecule has 5 heteroatoms. The highest BCUT2D eigenvalue weighted by molar-refractivity contribution is 5.85. The fourth-order valence-electron chi connectivity index (χ4n) is 1.92. The highest BCUT2D eigenvalue weighted by Gasteiger charge is 2.16. The summed E-state index contributed by atoms with van der Waals surface area (Å²) in [5.41, 5.74) is 1.98. The van der Waals surface area contributed by atoms with Gasteiger partial charge in [0.1, 0.15) is 11.4 Å².